The molecule has 3 fully saturated rings. The van der Waals surface area contributed by atoms with Gasteiger partial charge in [0.15, 0.2) is 5.78 Å². The largest absolute Gasteiger partial charge is 0.459 e. The monoisotopic (exact) mass is 969 g/mol. The Morgan fingerprint density at radius 3 is 2.38 bits per heavy atom. The number of ether oxygens (including phenoxy) is 4. The number of carbonyl (C=O) groups is 6. The minimum atomic E-state index is -2.56. The Morgan fingerprint density at radius 2 is 1.70 bits per heavy atom. The van der Waals surface area contributed by atoms with E-state index in [0.29, 0.717) is 56.9 Å². The number of rotatable bonds is 6. The quantitative estimate of drug-likeness (QED) is 0.0568. The second-order valence-electron chi connectivity index (χ2n) is 19.7. The first-order valence-corrected chi connectivity index (χ1v) is 24.4. The smallest absolute Gasteiger partial charge is 0.407 e. The van der Waals surface area contributed by atoms with Gasteiger partial charge in [-0.05, 0) is 107 Å². The number of fused-ring (bicyclic) bond motifs is 3. The third-order valence-corrected chi connectivity index (χ3v) is 14.4. The number of nitrogens with two attached hydrogens (primary N) is 1. The topological polar surface area (TPSA) is 290 Å². The molecule has 2 unspecified atom stereocenters. The standard InChI is InChI=1S/C50H76N6O13/c1-28-14-10-9-11-15-29(2)38(53-49(64)67-8)26-35-19-17-33(6)50(65,69-35)46(61)47(62)56-21-13-12-16-39(56)48(63)68-41(36(51)24-34-18-20-37(54-55-52)42(25-34)66-7)27-40(57)30(3)23-32(5)44(59)45(60)43(58)31(4)22-28/h9-11,14-15,23,28,30-31,33-39,41-42,44-45,59-60,65H,12-13,16-22,24-27,51H2,1-8H3,(H,53,64)/b11-9?,14-10+,29-15?,32-23+/t28-,30-,31-,33-,34+,35+,36-,37?,38?,39+,41+,42-,44-,45+,50-/m1/s1. The average molecular weight is 969 g/mol. The van der Waals surface area contributed by atoms with Gasteiger partial charge in [-0.1, -0.05) is 74.8 Å². The molecular formula is C50H76N6O13. The number of Topliss-reactive ketones (excluding diaryl/α,β-unsaturated/α-hetero) is 3. The number of carbonyl (C=O) groups excluding carboxylic acids is 6. The summed E-state index contributed by atoms with van der Waals surface area (Å²) in [4.78, 5) is 86.9. The van der Waals surface area contributed by atoms with Crippen LogP contribution in [-0.4, -0.2) is 137 Å². The molecular weight excluding hydrogens is 893 g/mol. The first-order chi connectivity index (χ1) is 32.6. The van der Waals surface area contributed by atoms with Gasteiger partial charge in [0.25, 0.3) is 11.7 Å². The predicted molar refractivity (Wildman–Crippen MR) is 255 cm³/mol. The lowest BCUT2D eigenvalue weighted by Gasteiger charge is -2.43. The molecule has 2 amide bonds. The molecule has 19 nitrogen and oxygen atoms in total. The van der Waals surface area contributed by atoms with Gasteiger partial charge in [0.05, 0.1) is 31.4 Å². The lowest BCUT2D eigenvalue weighted by Crippen LogP contribution is -2.61. The molecule has 4 aliphatic rings. The Kier molecular flexibility index (Phi) is 21.8. The molecule has 15 atom stereocenters. The number of aliphatic hydroxyl groups is 3. The van der Waals surface area contributed by atoms with Crippen molar-refractivity contribution in [1.29, 1.82) is 0 Å². The summed E-state index contributed by atoms with van der Waals surface area (Å²) in [6.45, 7) is 10.0. The Balaban J connectivity index is 1.72. The summed E-state index contributed by atoms with van der Waals surface area (Å²) in [5.74, 6) is -9.34. The highest BCUT2D eigenvalue weighted by molar-refractivity contribution is 6.39. The first kappa shape index (κ1) is 56.8. The molecule has 0 spiro atoms. The fourth-order valence-corrected chi connectivity index (χ4v) is 10.00. The molecule has 69 heavy (non-hydrogen) atoms. The van der Waals surface area contributed by atoms with Gasteiger partial charge in [0.2, 0.25) is 5.79 Å². The summed E-state index contributed by atoms with van der Waals surface area (Å²) in [6.07, 6.45) is 7.72. The highest BCUT2D eigenvalue weighted by atomic mass is 16.6. The number of amides is 2. The maximum Gasteiger partial charge on any atom is 0.407 e. The van der Waals surface area contributed by atoms with Gasteiger partial charge in [-0.2, -0.15) is 0 Å². The minimum absolute atomic E-state index is 0.00595. The molecule has 4 rings (SSSR count). The van der Waals surface area contributed by atoms with Crippen LogP contribution in [0.4, 0.5) is 4.79 Å². The Morgan fingerprint density at radius 1 is 0.971 bits per heavy atom. The number of hydrogen-bond acceptors (Lipinski definition) is 15. The zero-order chi connectivity index (χ0) is 51.2. The lowest BCUT2D eigenvalue weighted by molar-refractivity contribution is -0.264. The van der Waals surface area contributed by atoms with Gasteiger partial charge in [0.1, 0.15) is 30.1 Å². The third-order valence-electron chi connectivity index (χ3n) is 14.4. The number of methoxy groups -OCH3 is 2. The molecule has 0 aromatic rings. The molecule has 0 radical (unpaired) electrons. The number of cyclic esters (lactones) is 1. The zero-order valence-corrected chi connectivity index (χ0v) is 41.5. The van der Waals surface area contributed by atoms with Crippen LogP contribution < -0.4 is 11.1 Å². The number of alkyl carbamates (subject to hydrolysis) is 1. The van der Waals surface area contributed by atoms with Gasteiger partial charge >= 0.3 is 12.1 Å². The number of allylic oxidation sites excluding steroid dienone is 6. The molecule has 1 saturated carbocycles. The van der Waals surface area contributed by atoms with Gasteiger partial charge in [-0.15, -0.1) is 0 Å². The number of nitrogens with zero attached hydrogens (tertiary/aromatic N) is 4. The summed E-state index contributed by atoms with van der Waals surface area (Å²) >= 11 is 0. The van der Waals surface area contributed by atoms with E-state index in [1.165, 1.54) is 27.2 Å². The van der Waals surface area contributed by atoms with Gasteiger partial charge in [-0.3, -0.25) is 19.2 Å². The van der Waals surface area contributed by atoms with Crippen LogP contribution in [0.5, 0.6) is 0 Å². The predicted octanol–water partition coefficient (Wildman–Crippen LogP) is 5.25. The SMILES string of the molecule is COC(=O)NC1C[C@@H]2CC[C@@H](C)[C@@](O)(O2)C(=O)C(=O)N2CCCC[C@H]2C(=O)O[C@H]([C@H](N)C[C@@H]2CCC(N=[N+]=[N-])[C@H](OC)C2)CC(=O)[C@H](C)/C=C(\C)[C@@H](O)[C@@H](O)C(=O)[C@H](C)C[C@H](C)/C=C/C=CC=C1C. The van der Waals surface area contributed by atoms with E-state index < -0.39 is 101 Å². The van der Waals surface area contributed by atoms with Crippen LogP contribution in [0.3, 0.4) is 0 Å². The number of aliphatic hydroxyl groups excluding tert-OH is 2. The van der Waals surface area contributed by atoms with Crippen molar-refractivity contribution in [2.45, 2.75) is 179 Å². The van der Waals surface area contributed by atoms with Crippen molar-refractivity contribution in [3.63, 3.8) is 0 Å². The highest BCUT2D eigenvalue weighted by Crippen LogP contribution is 2.37. The van der Waals surface area contributed by atoms with Gasteiger partial charge < -0.3 is 50.2 Å². The van der Waals surface area contributed by atoms with Crippen molar-refractivity contribution in [2.24, 2.45) is 40.4 Å². The Bertz CT molecular complexity index is 2000. The van der Waals surface area contributed by atoms with E-state index >= 15 is 0 Å². The van der Waals surface area contributed by atoms with Crippen molar-refractivity contribution in [1.82, 2.24) is 10.2 Å². The fraction of sp³-hybridized carbons (Fsp3) is 0.720. The fourth-order valence-electron chi connectivity index (χ4n) is 10.00. The van der Waals surface area contributed by atoms with Gasteiger partial charge in [-0.25, -0.2) is 9.59 Å². The zero-order valence-electron chi connectivity index (χ0n) is 41.5. The van der Waals surface area contributed by atoms with E-state index in [9.17, 15) is 44.1 Å². The summed E-state index contributed by atoms with van der Waals surface area (Å²) in [5, 5.41) is 40.8. The molecule has 3 aliphatic heterocycles. The van der Waals surface area contributed by atoms with E-state index in [1.54, 1.807) is 52.0 Å². The molecule has 1 aliphatic carbocycles. The summed E-state index contributed by atoms with van der Waals surface area (Å²) in [6, 6.07) is -3.22. The van der Waals surface area contributed by atoms with Crippen molar-refractivity contribution in [3.05, 3.63) is 58.0 Å². The number of nitrogens with one attached hydrogen (secondary N) is 1. The third kappa shape index (κ3) is 15.4. The number of hydrogen-bond donors (Lipinski definition) is 5. The highest BCUT2D eigenvalue weighted by Gasteiger charge is 2.53. The average Bonchev–Trinajstić information content (AvgIpc) is 3.33. The molecule has 2 saturated heterocycles. The summed E-state index contributed by atoms with van der Waals surface area (Å²) in [7, 11) is 2.75. The maximum atomic E-state index is 14.4. The van der Waals surface area contributed by atoms with Crippen molar-refractivity contribution < 1.29 is 63.0 Å². The maximum absolute atomic E-state index is 14.4. The molecule has 2 bridgehead atoms. The van der Waals surface area contributed by atoms with Crippen LogP contribution in [0, 0.1) is 29.6 Å². The van der Waals surface area contributed by atoms with Gasteiger partial charge in [0, 0.05) is 48.8 Å². The van der Waals surface area contributed by atoms with E-state index in [1.807, 2.05) is 13.0 Å². The molecule has 19 heteroatoms. The van der Waals surface area contributed by atoms with Crippen molar-refractivity contribution in [3.8, 4) is 0 Å². The van der Waals surface area contributed by atoms with E-state index in [0.717, 1.165) is 4.90 Å². The summed E-state index contributed by atoms with van der Waals surface area (Å²) < 4.78 is 22.8. The second-order valence-corrected chi connectivity index (χ2v) is 19.7. The number of piperidine rings is 1. The van der Waals surface area contributed by atoms with Crippen LogP contribution in [0.1, 0.15) is 119 Å². The van der Waals surface area contributed by atoms with E-state index in [4.69, 9.17) is 30.2 Å². The molecule has 384 valence electrons. The van der Waals surface area contributed by atoms with Crippen LogP contribution in [0.25, 0.3) is 10.4 Å². The molecule has 6 N–H and O–H groups in total. The lowest BCUT2D eigenvalue weighted by atomic mass is 9.79. The second kappa shape index (κ2) is 26.5. The van der Waals surface area contributed by atoms with Crippen LogP contribution in [0.15, 0.2) is 52.7 Å². The molecule has 0 aromatic heterocycles. The minimum Gasteiger partial charge on any atom is -0.459 e. The van der Waals surface area contributed by atoms with Crippen molar-refractivity contribution >= 4 is 35.3 Å². The van der Waals surface area contributed by atoms with E-state index in [-0.39, 0.29) is 61.8 Å². The van der Waals surface area contributed by atoms with Crippen LogP contribution >= 0.6 is 0 Å². The molecule has 0 aromatic carbocycles. The summed E-state index contributed by atoms with van der Waals surface area (Å²) in [5.41, 5.74) is 16.8. The number of esters is 1. The van der Waals surface area contributed by atoms with E-state index in [2.05, 4.69) is 15.3 Å². The first-order valence-electron chi connectivity index (χ1n) is 24.4. The van der Waals surface area contributed by atoms with Crippen molar-refractivity contribution in [2.75, 3.05) is 20.8 Å². The Hall–Kier alpha value is -4.75. The molecule has 3 heterocycles. The number of ketones is 3. The Labute approximate surface area is 405 Å². The van der Waals surface area contributed by atoms with Crippen LogP contribution in [-0.2, 0) is 42.9 Å². The van der Waals surface area contributed by atoms with Crippen LogP contribution in [0.2, 0.25) is 0 Å². The number of azide groups is 1. The normalized spacial score (nSPS) is 37.2.